The molecule has 1 heterocycles. The highest BCUT2D eigenvalue weighted by Crippen LogP contribution is 2.36. The maximum Gasteiger partial charge on any atom is 0.309 e. The van der Waals surface area contributed by atoms with Crippen molar-refractivity contribution in [2.24, 2.45) is 0 Å². The summed E-state index contributed by atoms with van der Waals surface area (Å²) in [6.45, 7) is 1.86. The Morgan fingerprint density at radius 1 is 1.53 bits per heavy atom. The first-order valence-electron chi connectivity index (χ1n) is 5.27. The summed E-state index contributed by atoms with van der Waals surface area (Å²) < 4.78 is 4.62. The molecular formula is C12H13NO3S. The van der Waals surface area contributed by atoms with Crippen molar-refractivity contribution in [2.75, 3.05) is 12.4 Å². The summed E-state index contributed by atoms with van der Waals surface area (Å²) in [5.41, 5.74) is 1.71. The Kier molecular flexibility index (Phi) is 3.38. The van der Waals surface area contributed by atoms with Crippen molar-refractivity contribution in [2.45, 2.75) is 23.5 Å². The number of carbonyl (C=O) groups is 2. The molecule has 0 aliphatic carbocycles. The second-order valence-corrected chi connectivity index (χ2v) is 5.22. The fourth-order valence-electron chi connectivity index (χ4n) is 1.59. The molecule has 5 heteroatoms. The molecule has 0 aromatic heterocycles. The topological polar surface area (TPSA) is 55.4 Å². The van der Waals surface area contributed by atoms with Gasteiger partial charge in [0.1, 0.15) is 0 Å². The van der Waals surface area contributed by atoms with Gasteiger partial charge in [-0.05, 0) is 24.6 Å². The minimum Gasteiger partial charge on any atom is -0.469 e. The zero-order chi connectivity index (χ0) is 12.4. The van der Waals surface area contributed by atoms with Crippen LogP contribution >= 0.6 is 11.8 Å². The molecule has 17 heavy (non-hydrogen) atoms. The molecule has 0 saturated carbocycles. The number of anilines is 1. The van der Waals surface area contributed by atoms with Gasteiger partial charge in [0.05, 0.1) is 24.5 Å². The zero-order valence-electron chi connectivity index (χ0n) is 9.65. The maximum atomic E-state index is 11.5. The Bertz CT molecular complexity index is 473. The number of ether oxygens (including phenoxy) is 1. The molecule has 2 rings (SSSR count). The fraction of sp³-hybridized carbons (Fsp3) is 0.333. The number of amides is 1. The number of methoxy groups -OCH3 is 1. The van der Waals surface area contributed by atoms with Crippen LogP contribution in [0.1, 0.15) is 12.5 Å². The first-order chi connectivity index (χ1) is 8.10. The lowest BCUT2D eigenvalue weighted by molar-refractivity contribution is -0.139. The molecular weight excluding hydrogens is 238 g/mol. The van der Waals surface area contributed by atoms with Gasteiger partial charge >= 0.3 is 5.97 Å². The van der Waals surface area contributed by atoms with Crippen LogP contribution in [0.25, 0.3) is 0 Å². The van der Waals surface area contributed by atoms with E-state index < -0.39 is 0 Å². The second kappa shape index (κ2) is 4.79. The van der Waals surface area contributed by atoms with Crippen LogP contribution in [0.15, 0.2) is 23.1 Å². The molecule has 0 spiro atoms. The summed E-state index contributed by atoms with van der Waals surface area (Å²) >= 11 is 1.50. The normalized spacial score (nSPS) is 18.2. The van der Waals surface area contributed by atoms with Crippen LogP contribution in [-0.2, 0) is 20.7 Å². The number of hydrogen-bond donors (Lipinski definition) is 1. The van der Waals surface area contributed by atoms with Crippen LogP contribution < -0.4 is 5.32 Å². The molecule has 4 nitrogen and oxygen atoms in total. The molecule has 1 aliphatic heterocycles. The van der Waals surface area contributed by atoms with E-state index in [0.29, 0.717) is 0 Å². The predicted octanol–water partition coefficient (Wildman–Crippen LogP) is 1.83. The van der Waals surface area contributed by atoms with E-state index in [9.17, 15) is 9.59 Å². The molecule has 0 bridgehead atoms. The molecule has 1 atom stereocenters. The third-order valence-corrected chi connectivity index (χ3v) is 3.71. The van der Waals surface area contributed by atoms with Crippen molar-refractivity contribution in [1.29, 1.82) is 0 Å². The number of esters is 1. The standard InChI is InChI=1S/C12H13NO3S/c1-7-12(15)13-9-4-3-8(5-10(9)17-7)6-11(14)16-2/h3-5,7H,6H2,1-2H3,(H,13,15). The Morgan fingerprint density at radius 2 is 2.29 bits per heavy atom. The Morgan fingerprint density at radius 3 is 3.00 bits per heavy atom. The fourth-order valence-corrected chi connectivity index (χ4v) is 2.61. The Hall–Kier alpha value is -1.49. The smallest absolute Gasteiger partial charge is 0.309 e. The van der Waals surface area contributed by atoms with Crippen LogP contribution in [-0.4, -0.2) is 24.2 Å². The van der Waals surface area contributed by atoms with Gasteiger partial charge < -0.3 is 10.1 Å². The van der Waals surface area contributed by atoms with E-state index in [4.69, 9.17) is 0 Å². The van der Waals surface area contributed by atoms with E-state index in [0.717, 1.165) is 16.1 Å². The van der Waals surface area contributed by atoms with Crippen LogP contribution in [0.5, 0.6) is 0 Å². The van der Waals surface area contributed by atoms with Gasteiger partial charge in [0.15, 0.2) is 0 Å². The molecule has 1 aliphatic rings. The van der Waals surface area contributed by atoms with Gasteiger partial charge in [-0.1, -0.05) is 6.07 Å². The van der Waals surface area contributed by atoms with Crippen LogP contribution in [0.2, 0.25) is 0 Å². The zero-order valence-corrected chi connectivity index (χ0v) is 10.5. The molecule has 90 valence electrons. The number of carbonyl (C=O) groups excluding carboxylic acids is 2. The van der Waals surface area contributed by atoms with Gasteiger partial charge in [-0.25, -0.2) is 0 Å². The molecule has 1 aromatic carbocycles. The minimum atomic E-state index is -0.261. The monoisotopic (exact) mass is 251 g/mol. The Labute approximate surface area is 104 Å². The van der Waals surface area contributed by atoms with E-state index >= 15 is 0 Å². The second-order valence-electron chi connectivity index (χ2n) is 3.83. The summed E-state index contributed by atoms with van der Waals surface area (Å²) in [6, 6.07) is 5.57. The van der Waals surface area contributed by atoms with Crippen molar-refractivity contribution in [3.8, 4) is 0 Å². The number of fused-ring (bicyclic) bond motifs is 1. The highest BCUT2D eigenvalue weighted by atomic mass is 32.2. The summed E-state index contributed by atoms with van der Waals surface area (Å²) in [4.78, 5) is 23.6. The van der Waals surface area contributed by atoms with Gasteiger partial charge in [0, 0.05) is 4.90 Å². The third kappa shape index (κ3) is 2.61. The van der Waals surface area contributed by atoms with Gasteiger partial charge in [-0.3, -0.25) is 9.59 Å². The minimum absolute atomic E-state index is 0.0169. The highest BCUT2D eigenvalue weighted by molar-refractivity contribution is 8.00. The number of benzene rings is 1. The van der Waals surface area contributed by atoms with Gasteiger partial charge in [0.25, 0.3) is 0 Å². The number of hydrogen-bond acceptors (Lipinski definition) is 4. The number of rotatable bonds is 2. The van der Waals surface area contributed by atoms with E-state index in [1.807, 2.05) is 25.1 Å². The summed E-state index contributed by atoms with van der Waals surface area (Å²) in [5.74, 6) is -0.244. The SMILES string of the molecule is COC(=O)Cc1ccc2c(c1)SC(C)C(=O)N2. The molecule has 1 aromatic rings. The molecule has 0 fully saturated rings. The summed E-state index contributed by atoms with van der Waals surface area (Å²) in [5, 5.41) is 2.73. The average molecular weight is 251 g/mol. The molecule has 1 unspecified atom stereocenters. The molecule has 1 amide bonds. The Balaban J connectivity index is 2.22. The number of nitrogens with one attached hydrogen (secondary N) is 1. The largest absolute Gasteiger partial charge is 0.469 e. The lowest BCUT2D eigenvalue weighted by Crippen LogP contribution is -2.26. The van der Waals surface area contributed by atoms with E-state index in [1.54, 1.807) is 0 Å². The highest BCUT2D eigenvalue weighted by Gasteiger charge is 2.23. The third-order valence-electron chi connectivity index (χ3n) is 2.55. The van der Waals surface area contributed by atoms with E-state index in [-0.39, 0.29) is 23.5 Å². The number of thioether (sulfide) groups is 1. The van der Waals surface area contributed by atoms with Crippen molar-refractivity contribution in [1.82, 2.24) is 0 Å². The van der Waals surface area contributed by atoms with Crippen molar-refractivity contribution < 1.29 is 14.3 Å². The van der Waals surface area contributed by atoms with Gasteiger partial charge in [0.2, 0.25) is 5.91 Å². The predicted molar refractivity (Wildman–Crippen MR) is 66.1 cm³/mol. The lowest BCUT2D eigenvalue weighted by Gasteiger charge is -2.21. The molecule has 0 radical (unpaired) electrons. The van der Waals surface area contributed by atoms with Gasteiger partial charge in [-0.2, -0.15) is 0 Å². The first-order valence-corrected chi connectivity index (χ1v) is 6.15. The molecule has 0 saturated heterocycles. The van der Waals surface area contributed by atoms with Gasteiger partial charge in [-0.15, -0.1) is 11.8 Å². The van der Waals surface area contributed by atoms with E-state index in [1.165, 1.54) is 18.9 Å². The van der Waals surface area contributed by atoms with E-state index in [2.05, 4.69) is 10.1 Å². The average Bonchev–Trinajstić information content (AvgIpc) is 2.31. The van der Waals surface area contributed by atoms with Crippen LogP contribution in [0, 0.1) is 0 Å². The van der Waals surface area contributed by atoms with Crippen molar-refractivity contribution >= 4 is 29.3 Å². The quantitative estimate of drug-likeness (QED) is 0.815. The maximum absolute atomic E-state index is 11.5. The molecule has 1 N–H and O–H groups in total. The van der Waals surface area contributed by atoms with Crippen LogP contribution in [0.4, 0.5) is 5.69 Å². The summed E-state index contributed by atoms with van der Waals surface area (Å²) in [7, 11) is 1.37. The van der Waals surface area contributed by atoms with Crippen molar-refractivity contribution in [3.63, 3.8) is 0 Å². The lowest BCUT2D eigenvalue weighted by atomic mass is 10.1. The first kappa shape index (κ1) is 12.0. The van der Waals surface area contributed by atoms with Crippen LogP contribution in [0.3, 0.4) is 0 Å². The summed E-state index contributed by atoms with van der Waals surface area (Å²) in [6.07, 6.45) is 0.257. The van der Waals surface area contributed by atoms with Crippen molar-refractivity contribution in [3.05, 3.63) is 23.8 Å².